The minimum Gasteiger partial charge on any atom is -0.507 e. The van der Waals surface area contributed by atoms with Gasteiger partial charge in [-0.15, -0.1) is 0 Å². The molecule has 4 rings (SSSR count). The summed E-state index contributed by atoms with van der Waals surface area (Å²) < 4.78 is 5.72. The van der Waals surface area contributed by atoms with Crippen molar-refractivity contribution >= 4 is 34.7 Å². The largest absolute Gasteiger partial charge is 0.507 e. The molecule has 0 bridgehead atoms. The second-order valence-electron chi connectivity index (χ2n) is 8.08. The van der Waals surface area contributed by atoms with Crippen LogP contribution in [0.2, 0.25) is 5.02 Å². The molecule has 2 aliphatic rings. The van der Waals surface area contributed by atoms with E-state index in [-0.39, 0.29) is 17.4 Å². The third-order valence-electron chi connectivity index (χ3n) is 5.81. The van der Waals surface area contributed by atoms with E-state index in [2.05, 4.69) is 0 Å². The van der Waals surface area contributed by atoms with Crippen LogP contribution in [0.4, 0.5) is 5.69 Å². The van der Waals surface area contributed by atoms with Gasteiger partial charge in [0, 0.05) is 43.5 Å². The average Bonchev–Trinajstić information content (AvgIpc) is 3.36. The van der Waals surface area contributed by atoms with Gasteiger partial charge in [-0.2, -0.15) is 0 Å². The average molecular weight is 441 g/mol. The molecule has 0 unspecified atom stereocenters. The Hall–Kier alpha value is -2.83. The number of aliphatic hydroxyl groups excluding tert-OH is 1. The van der Waals surface area contributed by atoms with Crippen molar-refractivity contribution in [3.8, 4) is 0 Å². The zero-order valence-corrected chi connectivity index (χ0v) is 18.3. The summed E-state index contributed by atoms with van der Waals surface area (Å²) in [6.07, 6.45) is 1.66. The van der Waals surface area contributed by atoms with Gasteiger partial charge >= 0.3 is 0 Å². The summed E-state index contributed by atoms with van der Waals surface area (Å²) in [7, 11) is 3.89. The highest BCUT2D eigenvalue weighted by Crippen LogP contribution is 2.40. The highest BCUT2D eigenvalue weighted by atomic mass is 35.5. The number of likely N-dealkylation sites (tertiary alicyclic amines) is 1. The van der Waals surface area contributed by atoms with E-state index >= 15 is 0 Å². The molecule has 1 amide bonds. The summed E-state index contributed by atoms with van der Waals surface area (Å²) in [5.41, 5.74) is 2.29. The smallest absolute Gasteiger partial charge is 0.295 e. The topological polar surface area (TPSA) is 70.1 Å². The number of aliphatic hydroxyl groups is 1. The summed E-state index contributed by atoms with van der Waals surface area (Å²) in [5.74, 6) is -1.51. The van der Waals surface area contributed by atoms with Crippen LogP contribution in [0.3, 0.4) is 0 Å². The lowest BCUT2D eigenvalue weighted by molar-refractivity contribution is -0.140. The summed E-state index contributed by atoms with van der Waals surface area (Å²) in [4.78, 5) is 29.5. The van der Waals surface area contributed by atoms with Gasteiger partial charge in [-0.25, -0.2) is 0 Å². The van der Waals surface area contributed by atoms with Crippen LogP contribution in [-0.4, -0.2) is 55.0 Å². The third kappa shape index (κ3) is 4.18. The number of rotatable bonds is 5. The van der Waals surface area contributed by atoms with Crippen molar-refractivity contribution in [2.75, 3.05) is 32.1 Å². The first kappa shape index (κ1) is 21.4. The first-order valence-corrected chi connectivity index (χ1v) is 10.7. The van der Waals surface area contributed by atoms with Gasteiger partial charge in [-0.1, -0.05) is 23.7 Å². The van der Waals surface area contributed by atoms with Crippen LogP contribution in [0, 0.1) is 0 Å². The molecule has 0 aliphatic carbocycles. The molecular formula is C24H25ClN2O4. The molecule has 162 valence electrons. The SMILES string of the molecule is CN(C)c1ccc([C@H]2/C(=C(\O)c3ccc(Cl)cc3)C(=O)C(=O)N2C[C@@H]2CCCO2)cc1. The standard InChI is InChI=1S/C24H25ClN2O4/c1-26(2)18-11-7-15(8-12-18)21-20(22(28)16-5-9-17(25)10-6-16)23(29)24(30)27(21)14-19-4-3-13-31-19/h5-12,19,21,28H,3-4,13-14H2,1-2H3/b22-20+/t19-,21-/m0/s1. The predicted molar refractivity (Wildman–Crippen MR) is 120 cm³/mol. The monoisotopic (exact) mass is 440 g/mol. The molecule has 2 aliphatic heterocycles. The number of amides is 1. The van der Waals surface area contributed by atoms with Gasteiger partial charge in [0.25, 0.3) is 11.7 Å². The van der Waals surface area contributed by atoms with E-state index in [0.717, 1.165) is 24.1 Å². The van der Waals surface area contributed by atoms with E-state index in [4.69, 9.17) is 16.3 Å². The predicted octanol–water partition coefficient (Wildman–Crippen LogP) is 4.01. The number of halogens is 1. The normalized spacial score (nSPS) is 22.9. The van der Waals surface area contributed by atoms with Crippen molar-refractivity contribution in [2.24, 2.45) is 0 Å². The van der Waals surface area contributed by atoms with Crippen LogP contribution in [0.5, 0.6) is 0 Å². The molecule has 0 saturated carbocycles. The van der Waals surface area contributed by atoms with Gasteiger partial charge in [0.05, 0.1) is 17.7 Å². The molecule has 2 atom stereocenters. The summed E-state index contributed by atoms with van der Waals surface area (Å²) >= 11 is 5.97. The molecule has 0 radical (unpaired) electrons. The fourth-order valence-electron chi connectivity index (χ4n) is 4.14. The zero-order valence-electron chi connectivity index (χ0n) is 17.5. The number of hydrogen-bond donors (Lipinski definition) is 1. The second-order valence-corrected chi connectivity index (χ2v) is 8.52. The van der Waals surface area contributed by atoms with Crippen molar-refractivity contribution in [1.29, 1.82) is 0 Å². The molecule has 2 fully saturated rings. The van der Waals surface area contributed by atoms with Crippen LogP contribution >= 0.6 is 11.6 Å². The minimum absolute atomic E-state index is 0.0860. The van der Waals surface area contributed by atoms with Crippen molar-refractivity contribution < 1.29 is 19.4 Å². The van der Waals surface area contributed by atoms with E-state index in [1.165, 1.54) is 4.90 Å². The number of benzene rings is 2. The molecule has 2 heterocycles. The quantitative estimate of drug-likeness (QED) is 0.432. The third-order valence-corrected chi connectivity index (χ3v) is 6.06. The fraction of sp³-hybridized carbons (Fsp3) is 0.333. The lowest BCUT2D eigenvalue weighted by Crippen LogP contribution is -2.36. The van der Waals surface area contributed by atoms with E-state index in [1.54, 1.807) is 24.3 Å². The van der Waals surface area contributed by atoms with Gasteiger partial charge in [0.15, 0.2) is 0 Å². The van der Waals surface area contributed by atoms with Crippen molar-refractivity contribution in [3.63, 3.8) is 0 Å². The number of carbonyl (C=O) groups excluding carboxylic acids is 2. The number of ketones is 1. The Labute approximate surface area is 186 Å². The number of Topliss-reactive ketones (excluding diaryl/α,β-unsaturated/α-hetero) is 1. The fourth-order valence-corrected chi connectivity index (χ4v) is 4.27. The van der Waals surface area contributed by atoms with Crippen LogP contribution in [-0.2, 0) is 14.3 Å². The van der Waals surface area contributed by atoms with E-state index in [0.29, 0.717) is 23.7 Å². The Bertz CT molecular complexity index is 1010. The Morgan fingerprint density at radius 2 is 1.81 bits per heavy atom. The Kier molecular flexibility index (Phi) is 6.03. The Morgan fingerprint density at radius 3 is 2.39 bits per heavy atom. The van der Waals surface area contributed by atoms with E-state index in [9.17, 15) is 14.7 Å². The summed E-state index contributed by atoms with van der Waals surface area (Å²) in [6.45, 7) is 0.962. The van der Waals surface area contributed by atoms with Crippen molar-refractivity contribution in [3.05, 3.63) is 70.3 Å². The molecule has 2 saturated heterocycles. The maximum Gasteiger partial charge on any atom is 0.295 e. The number of anilines is 1. The van der Waals surface area contributed by atoms with Crippen LogP contribution < -0.4 is 4.90 Å². The summed E-state index contributed by atoms with van der Waals surface area (Å²) in [5, 5.41) is 11.6. The maximum absolute atomic E-state index is 13.0. The minimum atomic E-state index is -0.688. The molecule has 2 aromatic carbocycles. The van der Waals surface area contributed by atoms with Crippen molar-refractivity contribution in [1.82, 2.24) is 4.90 Å². The van der Waals surface area contributed by atoms with Gasteiger partial charge in [0.2, 0.25) is 0 Å². The van der Waals surface area contributed by atoms with Gasteiger partial charge < -0.3 is 19.6 Å². The van der Waals surface area contributed by atoms with Gasteiger partial charge in [0.1, 0.15) is 5.76 Å². The second kappa shape index (κ2) is 8.73. The molecule has 7 heteroatoms. The number of hydrogen-bond acceptors (Lipinski definition) is 5. The number of nitrogens with zero attached hydrogens (tertiary/aromatic N) is 2. The maximum atomic E-state index is 13.0. The highest BCUT2D eigenvalue weighted by Gasteiger charge is 2.47. The number of ether oxygens (including phenoxy) is 1. The molecule has 31 heavy (non-hydrogen) atoms. The Morgan fingerprint density at radius 1 is 1.13 bits per heavy atom. The lowest BCUT2D eigenvalue weighted by Gasteiger charge is -2.28. The molecule has 1 N–H and O–H groups in total. The van der Waals surface area contributed by atoms with Gasteiger partial charge in [-0.3, -0.25) is 9.59 Å². The molecule has 6 nitrogen and oxygen atoms in total. The Balaban J connectivity index is 1.80. The molecule has 0 spiro atoms. The molecular weight excluding hydrogens is 416 g/mol. The van der Waals surface area contributed by atoms with Gasteiger partial charge in [-0.05, 0) is 54.8 Å². The first-order valence-electron chi connectivity index (χ1n) is 10.3. The summed E-state index contributed by atoms with van der Waals surface area (Å²) in [6, 6.07) is 13.5. The van der Waals surface area contributed by atoms with Crippen LogP contribution in [0.15, 0.2) is 54.1 Å². The van der Waals surface area contributed by atoms with Crippen LogP contribution in [0.25, 0.3) is 5.76 Å². The van der Waals surface area contributed by atoms with Crippen LogP contribution in [0.1, 0.15) is 30.0 Å². The zero-order chi connectivity index (χ0) is 22.1. The van der Waals surface area contributed by atoms with E-state index < -0.39 is 17.7 Å². The lowest BCUT2D eigenvalue weighted by atomic mass is 9.95. The highest BCUT2D eigenvalue weighted by molar-refractivity contribution is 6.46. The first-order chi connectivity index (χ1) is 14.9. The van der Waals surface area contributed by atoms with Crippen molar-refractivity contribution in [2.45, 2.75) is 25.0 Å². The molecule has 2 aromatic rings. The molecule has 0 aromatic heterocycles. The number of carbonyl (C=O) groups is 2. The van der Waals surface area contributed by atoms with E-state index in [1.807, 2.05) is 43.3 Å².